The van der Waals surface area contributed by atoms with Crippen LogP contribution in [0.3, 0.4) is 0 Å². The summed E-state index contributed by atoms with van der Waals surface area (Å²) in [6.45, 7) is 0. The van der Waals surface area contributed by atoms with Gasteiger partial charge < -0.3 is 5.32 Å². The molecule has 0 radical (unpaired) electrons. The molecule has 3 aromatic carbocycles. The lowest BCUT2D eigenvalue weighted by Crippen LogP contribution is -2.03. The highest BCUT2D eigenvalue weighted by molar-refractivity contribution is 6.37. The van der Waals surface area contributed by atoms with Crippen LogP contribution in [0.4, 0.5) is 28.4 Å². The molecule has 0 aliphatic carbocycles. The molecule has 12 heteroatoms. The molecule has 0 heterocycles. The number of nitro benzene ring substituents is 3. The van der Waals surface area contributed by atoms with Gasteiger partial charge in [-0.05, 0) is 12.1 Å². The van der Waals surface area contributed by atoms with Gasteiger partial charge in [-0.3, -0.25) is 30.3 Å². The van der Waals surface area contributed by atoms with Crippen molar-refractivity contribution in [1.29, 1.82) is 0 Å². The van der Waals surface area contributed by atoms with E-state index in [2.05, 4.69) is 5.32 Å². The van der Waals surface area contributed by atoms with E-state index < -0.39 is 31.8 Å². The van der Waals surface area contributed by atoms with E-state index in [9.17, 15) is 30.3 Å². The molecule has 0 aliphatic rings. The van der Waals surface area contributed by atoms with Gasteiger partial charge in [-0.2, -0.15) is 0 Å². The Bertz CT molecular complexity index is 1170. The van der Waals surface area contributed by atoms with Crippen molar-refractivity contribution in [2.24, 2.45) is 0 Å². The maximum atomic E-state index is 11.5. The van der Waals surface area contributed by atoms with Crippen molar-refractivity contribution in [3.8, 4) is 0 Å². The number of benzene rings is 3. The van der Waals surface area contributed by atoms with Crippen LogP contribution in [0.2, 0.25) is 10.0 Å². The average molecular weight is 423 g/mol. The first-order valence-corrected chi connectivity index (χ1v) is 8.21. The zero-order valence-corrected chi connectivity index (χ0v) is 15.1. The normalized spacial score (nSPS) is 10.6. The number of fused-ring (bicyclic) bond motifs is 1. The minimum Gasteiger partial charge on any atom is -0.343 e. The number of nitrogens with one attached hydrogen (secondary N) is 1. The summed E-state index contributed by atoms with van der Waals surface area (Å²) in [5, 5.41) is 37.0. The van der Waals surface area contributed by atoms with Crippen molar-refractivity contribution >= 4 is 62.4 Å². The van der Waals surface area contributed by atoms with Crippen molar-refractivity contribution in [2.45, 2.75) is 0 Å². The number of halogens is 2. The first-order valence-electron chi connectivity index (χ1n) is 7.45. The number of hydrogen-bond donors (Lipinski definition) is 1. The first kappa shape index (κ1) is 19.3. The molecule has 28 heavy (non-hydrogen) atoms. The molecule has 3 rings (SSSR count). The maximum Gasteiger partial charge on any atom is 0.300 e. The molecular weight excluding hydrogens is 415 g/mol. The lowest BCUT2D eigenvalue weighted by atomic mass is 10.0. The van der Waals surface area contributed by atoms with Crippen molar-refractivity contribution in [3.05, 3.63) is 82.9 Å². The Morgan fingerprint density at radius 2 is 1.25 bits per heavy atom. The highest BCUT2D eigenvalue weighted by Crippen LogP contribution is 2.44. The van der Waals surface area contributed by atoms with Gasteiger partial charge in [0.05, 0.1) is 31.2 Å². The Balaban J connectivity index is 2.35. The smallest absolute Gasteiger partial charge is 0.300 e. The number of rotatable bonds is 5. The predicted molar refractivity (Wildman–Crippen MR) is 104 cm³/mol. The largest absolute Gasteiger partial charge is 0.343 e. The minimum atomic E-state index is -0.822. The second-order valence-electron chi connectivity index (χ2n) is 5.51. The first-order chi connectivity index (χ1) is 13.2. The van der Waals surface area contributed by atoms with E-state index in [0.717, 1.165) is 12.1 Å². The van der Waals surface area contributed by atoms with E-state index in [1.165, 1.54) is 30.3 Å². The van der Waals surface area contributed by atoms with Gasteiger partial charge in [0.2, 0.25) is 0 Å². The molecule has 0 amide bonds. The average Bonchev–Trinajstić information content (AvgIpc) is 2.62. The molecule has 0 aliphatic heterocycles. The van der Waals surface area contributed by atoms with Crippen LogP contribution in [0.5, 0.6) is 0 Å². The van der Waals surface area contributed by atoms with Crippen molar-refractivity contribution < 1.29 is 14.8 Å². The summed E-state index contributed by atoms with van der Waals surface area (Å²) in [7, 11) is 0. The van der Waals surface area contributed by atoms with Crippen LogP contribution >= 0.6 is 23.2 Å². The van der Waals surface area contributed by atoms with E-state index in [0.29, 0.717) is 0 Å². The summed E-state index contributed by atoms with van der Waals surface area (Å²) in [6.07, 6.45) is 0. The molecule has 0 unspecified atom stereocenters. The fourth-order valence-corrected chi connectivity index (χ4v) is 3.25. The zero-order chi connectivity index (χ0) is 20.6. The minimum absolute atomic E-state index is 0.00491. The Kier molecular flexibility index (Phi) is 4.99. The van der Waals surface area contributed by atoms with Crippen molar-refractivity contribution in [3.63, 3.8) is 0 Å². The summed E-state index contributed by atoms with van der Waals surface area (Å²) >= 11 is 11.9. The van der Waals surface area contributed by atoms with Crippen LogP contribution in [-0.4, -0.2) is 14.8 Å². The van der Waals surface area contributed by atoms with Gasteiger partial charge in [-0.15, -0.1) is 0 Å². The SMILES string of the molecule is O=[N+]([O-])c1cc(Cl)cc(Cl)c1Nc1c([N+](=O)[O-])cc([N+](=O)[O-])c2ccccc12. The molecule has 0 bridgehead atoms. The summed E-state index contributed by atoms with van der Waals surface area (Å²) in [5.41, 5.74) is -2.00. The summed E-state index contributed by atoms with van der Waals surface area (Å²) in [5.74, 6) is 0. The lowest BCUT2D eigenvalue weighted by Gasteiger charge is -2.13. The Labute approximate surface area is 165 Å². The fourth-order valence-electron chi connectivity index (χ4n) is 2.72. The summed E-state index contributed by atoms with van der Waals surface area (Å²) in [6, 6.07) is 8.96. The van der Waals surface area contributed by atoms with Crippen LogP contribution in [0, 0.1) is 30.3 Å². The van der Waals surface area contributed by atoms with E-state index in [1.807, 2.05) is 0 Å². The van der Waals surface area contributed by atoms with Crippen molar-refractivity contribution in [2.75, 3.05) is 5.32 Å². The molecule has 0 spiro atoms. The highest BCUT2D eigenvalue weighted by atomic mass is 35.5. The molecule has 142 valence electrons. The van der Waals surface area contributed by atoms with Gasteiger partial charge in [-0.25, -0.2) is 0 Å². The summed E-state index contributed by atoms with van der Waals surface area (Å²) in [4.78, 5) is 31.9. The van der Waals surface area contributed by atoms with E-state index in [4.69, 9.17) is 23.2 Å². The monoisotopic (exact) mass is 422 g/mol. The molecule has 1 N–H and O–H groups in total. The molecule has 0 saturated carbocycles. The predicted octanol–water partition coefficient (Wildman–Crippen LogP) is 5.61. The van der Waals surface area contributed by atoms with Crippen LogP contribution < -0.4 is 5.32 Å². The Morgan fingerprint density at radius 1 is 0.714 bits per heavy atom. The molecule has 0 atom stereocenters. The van der Waals surface area contributed by atoms with Crippen LogP contribution in [-0.2, 0) is 0 Å². The number of nitro groups is 3. The quantitative estimate of drug-likeness (QED) is 0.415. The molecule has 0 aromatic heterocycles. The van der Waals surface area contributed by atoms with E-state index in [-0.39, 0.29) is 32.2 Å². The van der Waals surface area contributed by atoms with Crippen molar-refractivity contribution in [1.82, 2.24) is 0 Å². The molecule has 3 aromatic rings. The topological polar surface area (TPSA) is 141 Å². The fraction of sp³-hybridized carbons (Fsp3) is 0. The second kappa shape index (κ2) is 7.25. The third kappa shape index (κ3) is 3.38. The molecular formula is C16H8Cl2N4O6. The third-order valence-electron chi connectivity index (χ3n) is 3.88. The highest BCUT2D eigenvalue weighted by Gasteiger charge is 2.28. The number of hydrogen-bond acceptors (Lipinski definition) is 7. The van der Waals surface area contributed by atoms with Gasteiger partial charge in [-0.1, -0.05) is 41.4 Å². The van der Waals surface area contributed by atoms with Gasteiger partial charge >= 0.3 is 0 Å². The number of anilines is 2. The molecule has 0 fully saturated rings. The number of nitrogens with zero attached hydrogens (tertiary/aromatic N) is 3. The van der Waals surface area contributed by atoms with Crippen LogP contribution in [0.15, 0.2) is 42.5 Å². The molecule has 0 saturated heterocycles. The number of non-ortho nitro benzene ring substituents is 1. The Morgan fingerprint density at radius 3 is 1.82 bits per heavy atom. The van der Waals surface area contributed by atoms with Gasteiger partial charge in [0.1, 0.15) is 11.4 Å². The van der Waals surface area contributed by atoms with Gasteiger partial charge in [0.15, 0.2) is 0 Å². The third-order valence-corrected chi connectivity index (χ3v) is 4.39. The lowest BCUT2D eigenvalue weighted by molar-refractivity contribution is -0.392. The van der Waals surface area contributed by atoms with Gasteiger partial charge in [0.25, 0.3) is 17.1 Å². The van der Waals surface area contributed by atoms with Crippen LogP contribution in [0.25, 0.3) is 10.8 Å². The zero-order valence-electron chi connectivity index (χ0n) is 13.6. The summed E-state index contributed by atoms with van der Waals surface area (Å²) < 4.78 is 0. The molecule has 10 nitrogen and oxygen atoms in total. The standard InChI is InChI=1S/C16H8Cl2N4O6/c17-8-5-11(18)16(13(6-8)21(25)26)19-15-10-4-2-1-3-9(10)12(20(23)24)7-14(15)22(27)28/h1-7,19H. The maximum absolute atomic E-state index is 11.5. The Hall–Kier alpha value is -3.50. The van der Waals surface area contributed by atoms with Gasteiger partial charge in [0, 0.05) is 16.5 Å². The van der Waals surface area contributed by atoms with E-state index in [1.54, 1.807) is 0 Å². The van der Waals surface area contributed by atoms with E-state index >= 15 is 0 Å². The second-order valence-corrected chi connectivity index (χ2v) is 6.36. The van der Waals surface area contributed by atoms with Crippen LogP contribution in [0.1, 0.15) is 0 Å².